The fourth-order valence-electron chi connectivity index (χ4n) is 1.54. The summed E-state index contributed by atoms with van der Waals surface area (Å²) in [6.07, 6.45) is 3.62. The van der Waals surface area contributed by atoms with Gasteiger partial charge in [0.2, 0.25) is 0 Å². The number of hydrogen-bond acceptors (Lipinski definition) is 5. The largest absolute Gasteiger partial charge is 0.330 e. The van der Waals surface area contributed by atoms with Crippen molar-refractivity contribution in [3.05, 3.63) is 48.5 Å². The number of nitrogens with one attached hydrogen (secondary N) is 2. The van der Waals surface area contributed by atoms with Crippen molar-refractivity contribution in [3.63, 3.8) is 0 Å². The van der Waals surface area contributed by atoms with Crippen molar-refractivity contribution >= 4 is 55.9 Å². The highest BCUT2D eigenvalue weighted by Gasteiger charge is 2.00. The summed E-state index contributed by atoms with van der Waals surface area (Å²) in [6.45, 7) is 0. The molecule has 0 bridgehead atoms. The van der Waals surface area contributed by atoms with Crippen molar-refractivity contribution in [2.45, 2.75) is 9.79 Å². The van der Waals surface area contributed by atoms with E-state index >= 15 is 0 Å². The van der Waals surface area contributed by atoms with E-state index in [1.54, 1.807) is 39.8 Å². The zero-order valence-corrected chi connectivity index (χ0v) is 14.9. The molecule has 0 spiro atoms. The lowest BCUT2D eigenvalue weighted by Gasteiger charge is -2.05. The van der Waals surface area contributed by atoms with Crippen LogP contribution >= 0.6 is 33.5 Å². The molecular formula is C14H16N2OS4. The molecule has 0 aliphatic carbocycles. The smallest absolute Gasteiger partial charge is 0.113 e. The number of benzene rings is 2. The summed E-state index contributed by atoms with van der Waals surface area (Å²) < 4.78 is 17.1. The summed E-state index contributed by atoms with van der Waals surface area (Å²) >= 11 is 1.59. The van der Waals surface area contributed by atoms with E-state index in [9.17, 15) is 4.21 Å². The van der Waals surface area contributed by atoms with Crippen LogP contribution < -0.4 is 9.44 Å². The minimum atomic E-state index is -1.03. The highest BCUT2D eigenvalue weighted by Crippen LogP contribution is 2.38. The van der Waals surface area contributed by atoms with E-state index in [0.29, 0.717) is 0 Å². The van der Waals surface area contributed by atoms with Crippen LogP contribution in [0.1, 0.15) is 0 Å². The van der Waals surface area contributed by atoms with Crippen molar-refractivity contribution in [2.75, 3.05) is 22.0 Å². The maximum Gasteiger partial charge on any atom is 0.113 e. The van der Waals surface area contributed by atoms with Crippen LogP contribution in [0.4, 0.5) is 11.4 Å². The molecule has 2 rings (SSSR count). The Morgan fingerprint density at radius 2 is 1.33 bits per heavy atom. The predicted octanol–water partition coefficient (Wildman–Crippen LogP) is 4.88. The molecule has 0 aromatic heterocycles. The van der Waals surface area contributed by atoms with Crippen molar-refractivity contribution in [1.82, 2.24) is 0 Å². The van der Waals surface area contributed by atoms with E-state index < -0.39 is 11.0 Å². The average Bonchev–Trinajstić information content (AvgIpc) is 2.48. The lowest BCUT2D eigenvalue weighted by Crippen LogP contribution is -2.00. The van der Waals surface area contributed by atoms with Crippen LogP contribution in [-0.2, 0) is 11.0 Å². The van der Waals surface area contributed by atoms with Gasteiger partial charge < -0.3 is 9.44 Å². The van der Waals surface area contributed by atoms with Crippen LogP contribution in [0.15, 0.2) is 58.3 Å². The van der Waals surface area contributed by atoms with Crippen molar-refractivity contribution in [1.29, 1.82) is 0 Å². The second kappa shape index (κ2) is 8.63. The Hall–Kier alpha value is -0.760. The van der Waals surface area contributed by atoms with Crippen LogP contribution in [0.25, 0.3) is 0 Å². The quantitative estimate of drug-likeness (QED) is 0.546. The van der Waals surface area contributed by atoms with E-state index in [2.05, 4.69) is 33.7 Å². The molecule has 3 nitrogen and oxygen atoms in total. The first-order valence-corrected chi connectivity index (χ1v) is 11.0. The van der Waals surface area contributed by atoms with Crippen LogP contribution in [0, 0.1) is 0 Å². The summed E-state index contributed by atoms with van der Waals surface area (Å²) in [6, 6.07) is 16.3. The van der Waals surface area contributed by atoms with Gasteiger partial charge in [0.1, 0.15) is 11.0 Å². The Balaban J connectivity index is 1.88. The molecule has 21 heavy (non-hydrogen) atoms. The SMILES string of the molecule is CSNc1ccc(SSc2ccc(NS(C)=O)cc2)cc1. The molecule has 0 aliphatic heterocycles. The van der Waals surface area contributed by atoms with Gasteiger partial charge in [-0.1, -0.05) is 33.5 Å². The van der Waals surface area contributed by atoms with Crippen molar-refractivity contribution < 1.29 is 4.21 Å². The molecule has 112 valence electrons. The fraction of sp³-hybridized carbons (Fsp3) is 0.143. The third-order valence-electron chi connectivity index (χ3n) is 2.42. The molecule has 0 amide bonds. The van der Waals surface area contributed by atoms with E-state index in [0.717, 1.165) is 11.4 Å². The monoisotopic (exact) mass is 356 g/mol. The van der Waals surface area contributed by atoms with E-state index in [-0.39, 0.29) is 0 Å². The van der Waals surface area contributed by atoms with Crippen molar-refractivity contribution in [3.8, 4) is 0 Å². The molecule has 0 fully saturated rings. The Morgan fingerprint density at radius 3 is 1.76 bits per heavy atom. The minimum Gasteiger partial charge on any atom is -0.330 e. The van der Waals surface area contributed by atoms with Gasteiger partial charge >= 0.3 is 0 Å². The van der Waals surface area contributed by atoms with Gasteiger partial charge in [-0.2, -0.15) is 0 Å². The number of anilines is 2. The number of hydrogen-bond donors (Lipinski definition) is 2. The van der Waals surface area contributed by atoms with Gasteiger partial charge in [-0.25, -0.2) is 4.21 Å². The van der Waals surface area contributed by atoms with E-state index in [1.165, 1.54) is 9.79 Å². The van der Waals surface area contributed by atoms with Gasteiger partial charge in [-0.3, -0.25) is 0 Å². The van der Waals surface area contributed by atoms with Gasteiger partial charge in [0, 0.05) is 33.7 Å². The molecule has 2 aromatic rings. The normalized spacial score (nSPS) is 11.9. The molecule has 0 aliphatic rings. The van der Waals surface area contributed by atoms with Crippen molar-refractivity contribution in [2.24, 2.45) is 0 Å². The lowest BCUT2D eigenvalue weighted by molar-refractivity contribution is 0.690. The Morgan fingerprint density at radius 1 is 0.857 bits per heavy atom. The molecule has 2 aromatic carbocycles. The minimum absolute atomic E-state index is 0.873. The van der Waals surface area contributed by atoms with Gasteiger partial charge in [-0.05, 0) is 48.5 Å². The standard InChI is InChI=1S/C14H16N2OS4/c1-18-15-11-3-7-13(8-4-11)19-20-14-9-5-12(6-10-14)16-21(2)17/h3-10,15-16H,1-2H3. The van der Waals surface area contributed by atoms with Gasteiger partial charge in [-0.15, -0.1) is 0 Å². The highest BCUT2D eigenvalue weighted by molar-refractivity contribution is 8.76. The molecule has 2 N–H and O–H groups in total. The number of rotatable bonds is 7. The third kappa shape index (κ3) is 5.86. The van der Waals surface area contributed by atoms with Gasteiger partial charge in [0.15, 0.2) is 0 Å². The van der Waals surface area contributed by atoms with Crippen LogP contribution in [-0.4, -0.2) is 16.7 Å². The van der Waals surface area contributed by atoms with Gasteiger partial charge in [0.25, 0.3) is 0 Å². The zero-order valence-electron chi connectivity index (χ0n) is 11.7. The predicted molar refractivity (Wildman–Crippen MR) is 99.4 cm³/mol. The highest BCUT2D eigenvalue weighted by atomic mass is 33.1. The van der Waals surface area contributed by atoms with Crippen LogP contribution in [0.3, 0.4) is 0 Å². The Labute approximate surface area is 140 Å². The summed E-state index contributed by atoms with van der Waals surface area (Å²) in [4.78, 5) is 2.38. The average molecular weight is 357 g/mol. The summed E-state index contributed by atoms with van der Waals surface area (Å²) in [5.41, 5.74) is 1.98. The molecule has 0 heterocycles. The van der Waals surface area contributed by atoms with E-state index in [4.69, 9.17) is 0 Å². The maximum atomic E-state index is 11.1. The van der Waals surface area contributed by atoms with Crippen LogP contribution in [0.2, 0.25) is 0 Å². The third-order valence-corrected chi connectivity index (χ3v) is 5.80. The molecule has 1 atom stereocenters. The zero-order chi connectivity index (χ0) is 15.1. The first kappa shape index (κ1) is 16.6. The first-order valence-electron chi connectivity index (χ1n) is 6.11. The molecule has 1 unspecified atom stereocenters. The maximum absolute atomic E-state index is 11.1. The second-order valence-corrected chi connectivity index (χ2v) is 8.08. The Bertz CT molecular complexity index is 587. The molecule has 0 saturated carbocycles. The molecule has 7 heteroatoms. The fourth-order valence-corrected chi connectivity index (χ4v) is 4.31. The second-order valence-electron chi connectivity index (χ2n) is 4.08. The molecular weight excluding hydrogens is 340 g/mol. The topological polar surface area (TPSA) is 41.1 Å². The molecule has 0 saturated heterocycles. The molecule has 0 radical (unpaired) electrons. The summed E-state index contributed by atoms with van der Waals surface area (Å²) in [5.74, 6) is 0. The van der Waals surface area contributed by atoms with Gasteiger partial charge in [0.05, 0.1) is 0 Å². The lowest BCUT2D eigenvalue weighted by atomic mass is 10.3. The summed E-state index contributed by atoms with van der Waals surface area (Å²) in [5, 5.41) is 0. The first-order chi connectivity index (χ1) is 10.2. The summed E-state index contributed by atoms with van der Waals surface area (Å²) in [7, 11) is 2.40. The Kier molecular flexibility index (Phi) is 6.82. The van der Waals surface area contributed by atoms with Crippen LogP contribution in [0.5, 0.6) is 0 Å². The van der Waals surface area contributed by atoms with E-state index in [1.807, 2.05) is 30.5 Å².